The van der Waals surface area contributed by atoms with Gasteiger partial charge in [0.05, 0.1) is 12.7 Å². The number of halogens is 1. The Hall–Kier alpha value is -1.79. The largest absolute Gasteiger partial charge is 0.493 e. The number of hydrogen-bond acceptors (Lipinski definition) is 4. The molecule has 0 fully saturated rings. The highest BCUT2D eigenvalue weighted by molar-refractivity contribution is 9.10. The molecule has 0 atom stereocenters. The molecule has 0 aliphatic heterocycles. The maximum atomic E-state index is 5.78. The summed E-state index contributed by atoms with van der Waals surface area (Å²) >= 11 is 8.47. The molecule has 2 aromatic carbocycles. The van der Waals surface area contributed by atoms with Gasteiger partial charge in [-0.25, -0.2) is 0 Å². The van der Waals surface area contributed by atoms with Gasteiger partial charge in [0.2, 0.25) is 0 Å². The van der Waals surface area contributed by atoms with Gasteiger partial charge >= 0.3 is 0 Å². The number of methoxy groups -OCH3 is 1. The Balaban J connectivity index is 2.02. The molecule has 0 heterocycles. The van der Waals surface area contributed by atoms with Crippen LogP contribution in [0, 0.1) is 6.92 Å². The summed E-state index contributed by atoms with van der Waals surface area (Å²) < 4.78 is 17.6. The second-order valence-electron chi connectivity index (χ2n) is 4.86. The van der Waals surface area contributed by atoms with E-state index in [2.05, 4.69) is 15.9 Å². The first-order valence-corrected chi connectivity index (χ1v) is 8.21. The van der Waals surface area contributed by atoms with Crippen LogP contribution in [0.5, 0.6) is 17.2 Å². The monoisotopic (exact) mass is 395 g/mol. The topological polar surface area (TPSA) is 53.7 Å². The maximum absolute atomic E-state index is 5.78. The van der Waals surface area contributed by atoms with E-state index in [9.17, 15) is 0 Å². The van der Waals surface area contributed by atoms with Crippen LogP contribution in [0.1, 0.15) is 11.1 Å². The minimum absolute atomic E-state index is 0.249. The summed E-state index contributed by atoms with van der Waals surface area (Å²) in [6, 6.07) is 11.5. The highest BCUT2D eigenvalue weighted by atomic mass is 79.9. The molecule has 4 nitrogen and oxygen atoms in total. The number of benzene rings is 2. The van der Waals surface area contributed by atoms with Gasteiger partial charge < -0.3 is 19.9 Å². The van der Waals surface area contributed by atoms with Crippen LogP contribution < -0.4 is 19.9 Å². The maximum Gasteiger partial charge on any atom is 0.171 e. The molecular weight excluding hydrogens is 378 g/mol. The standard InChI is InChI=1S/C17H18BrNO3S/c1-11-3-5-13(6-4-11)21-7-8-22-16-14(17(19)23)9-12(18)10-15(16)20-2/h3-6,9-10H,7-8H2,1-2H3,(H2,19,23). The summed E-state index contributed by atoms with van der Waals surface area (Å²) in [5, 5.41) is 0. The third kappa shape index (κ3) is 4.84. The van der Waals surface area contributed by atoms with Crippen molar-refractivity contribution in [2.45, 2.75) is 6.92 Å². The molecular formula is C17H18BrNO3S. The first-order chi connectivity index (χ1) is 11.0. The molecule has 0 spiro atoms. The Morgan fingerprint density at radius 2 is 1.78 bits per heavy atom. The Labute approximate surface area is 149 Å². The van der Waals surface area contributed by atoms with Crippen LogP contribution in [0.3, 0.4) is 0 Å². The van der Waals surface area contributed by atoms with Crippen LogP contribution in [0.25, 0.3) is 0 Å². The molecule has 0 bridgehead atoms. The fourth-order valence-electron chi connectivity index (χ4n) is 1.99. The van der Waals surface area contributed by atoms with E-state index in [-0.39, 0.29) is 4.99 Å². The van der Waals surface area contributed by atoms with E-state index in [1.807, 2.05) is 31.2 Å². The summed E-state index contributed by atoms with van der Waals surface area (Å²) in [6.07, 6.45) is 0. The van der Waals surface area contributed by atoms with Crippen LogP contribution in [0.15, 0.2) is 40.9 Å². The smallest absolute Gasteiger partial charge is 0.171 e. The second-order valence-corrected chi connectivity index (χ2v) is 6.21. The predicted molar refractivity (Wildman–Crippen MR) is 98.8 cm³/mol. The molecule has 0 aliphatic rings. The van der Waals surface area contributed by atoms with Gasteiger partial charge in [-0.2, -0.15) is 0 Å². The molecule has 0 aliphatic carbocycles. The van der Waals surface area contributed by atoms with Gasteiger partial charge in [0.1, 0.15) is 24.0 Å². The van der Waals surface area contributed by atoms with Crippen LogP contribution in [-0.4, -0.2) is 25.3 Å². The fourth-order valence-corrected chi connectivity index (χ4v) is 2.58. The number of thiocarbonyl (C=S) groups is 1. The number of nitrogens with two attached hydrogens (primary N) is 1. The van der Waals surface area contributed by atoms with E-state index in [1.54, 1.807) is 19.2 Å². The van der Waals surface area contributed by atoms with Crippen molar-refractivity contribution in [2.24, 2.45) is 5.73 Å². The molecule has 2 aromatic rings. The van der Waals surface area contributed by atoms with Crippen molar-refractivity contribution >= 4 is 33.1 Å². The number of rotatable bonds is 7. The summed E-state index contributed by atoms with van der Waals surface area (Å²) in [5.41, 5.74) is 7.58. The lowest BCUT2D eigenvalue weighted by Gasteiger charge is -2.15. The highest BCUT2D eigenvalue weighted by Gasteiger charge is 2.14. The molecule has 2 N–H and O–H groups in total. The van der Waals surface area contributed by atoms with Crippen LogP contribution in [-0.2, 0) is 0 Å². The van der Waals surface area contributed by atoms with Crippen molar-refractivity contribution < 1.29 is 14.2 Å². The van der Waals surface area contributed by atoms with E-state index in [0.717, 1.165) is 10.2 Å². The highest BCUT2D eigenvalue weighted by Crippen LogP contribution is 2.34. The zero-order valence-corrected chi connectivity index (χ0v) is 15.4. The van der Waals surface area contributed by atoms with Crippen molar-refractivity contribution in [3.05, 3.63) is 52.0 Å². The van der Waals surface area contributed by atoms with Gasteiger partial charge in [-0.05, 0) is 31.2 Å². The molecule has 2 rings (SSSR count). The normalized spacial score (nSPS) is 10.2. The van der Waals surface area contributed by atoms with Gasteiger partial charge in [0.25, 0.3) is 0 Å². The van der Waals surface area contributed by atoms with Gasteiger partial charge in [0.15, 0.2) is 11.5 Å². The fraction of sp³-hybridized carbons (Fsp3) is 0.235. The minimum atomic E-state index is 0.249. The average molecular weight is 396 g/mol. The summed E-state index contributed by atoms with van der Waals surface area (Å²) in [5.74, 6) is 1.89. The number of ether oxygens (including phenoxy) is 3. The average Bonchev–Trinajstić information content (AvgIpc) is 2.53. The van der Waals surface area contributed by atoms with Gasteiger partial charge in [-0.3, -0.25) is 0 Å². The van der Waals surface area contributed by atoms with Gasteiger partial charge in [-0.1, -0.05) is 45.8 Å². The van der Waals surface area contributed by atoms with Crippen molar-refractivity contribution in [1.82, 2.24) is 0 Å². The quantitative estimate of drug-likeness (QED) is 0.569. The molecule has 0 aromatic heterocycles. The molecule has 0 unspecified atom stereocenters. The van der Waals surface area contributed by atoms with E-state index in [4.69, 9.17) is 32.2 Å². The number of aryl methyl sites for hydroxylation is 1. The Bertz CT molecular complexity index is 689. The zero-order valence-electron chi connectivity index (χ0n) is 13.0. The van der Waals surface area contributed by atoms with Crippen molar-refractivity contribution in [3.8, 4) is 17.2 Å². The molecule has 0 amide bonds. The Kier molecular flexibility index (Phi) is 6.24. The lowest BCUT2D eigenvalue weighted by atomic mass is 10.2. The van der Waals surface area contributed by atoms with E-state index in [0.29, 0.717) is 30.3 Å². The van der Waals surface area contributed by atoms with Gasteiger partial charge in [0, 0.05) is 4.47 Å². The second kappa shape index (κ2) is 8.17. The molecule has 0 saturated carbocycles. The summed E-state index contributed by atoms with van der Waals surface area (Å²) in [4.78, 5) is 0.249. The molecule has 0 radical (unpaired) electrons. The van der Waals surface area contributed by atoms with Crippen LogP contribution in [0.4, 0.5) is 0 Å². The molecule has 0 saturated heterocycles. The van der Waals surface area contributed by atoms with E-state index < -0.39 is 0 Å². The zero-order chi connectivity index (χ0) is 16.8. The van der Waals surface area contributed by atoms with Crippen LogP contribution >= 0.6 is 28.1 Å². The van der Waals surface area contributed by atoms with Crippen molar-refractivity contribution in [1.29, 1.82) is 0 Å². The molecule has 23 heavy (non-hydrogen) atoms. The van der Waals surface area contributed by atoms with Crippen LogP contribution in [0.2, 0.25) is 0 Å². The van der Waals surface area contributed by atoms with Gasteiger partial charge in [-0.15, -0.1) is 0 Å². The lowest BCUT2D eigenvalue weighted by Crippen LogP contribution is -2.15. The van der Waals surface area contributed by atoms with Crippen molar-refractivity contribution in [2.75, 3.05) is 20.3 Å². The van der Waals surface area contributed by atoms with E-state index >= 15 is 0 Å². The first-order valence-electron chi connectivity index (χ1n) is 7.01. The third-order valence-electron chi connectivity index (χ3n) is 3.12. The predicted octanol–water partition coefficient (Wildman–Crippen LogP) is 3.86. The summed E-state index contributed by atoms with van der Waals surface area (Å²) in [7, 11) is 1.57. The Morgan fingerprint density at radius 3 is 2.39 bits per heavy atom. The van der Waals surface area contributed by atoms with E-state index in [1.165, 1.54) is 5.56 Å². The Morgan fingerprint density at radius 1 is 1.13 bits per heavy atom. The SMILES string of the molecule is COc1cc(Br)cc(C(N)=S)c1OCCOc1ccc(C)cc1. The molecule has 6 heteroatoms. The molecule has 122 valence electrons. The third-order valence-corrected chi connectivity index (χ3v) is 3.80. The number of hydrogen-bond donors (Lipinski definition) is 1. The minimum Gasteiger partial charge on any atom is -0.493 e. The lowest BCUT2D eigenvalue weighted by molar-refractivity contribution is 0.211. The first kappa shape index (κ1) is 17.6. The van der Waals surface area contributed by atoms with Crippen molar-refractivity contribution in [3.63, 3.8) is 0 Å². The summed E-state index contributed by atoms with van der Waals surface area (Å²) in [6.45, 7) is 2.78.